The van der Waals surface area contributed by atoms with Crippen molar-refractivity contribution in [1.82, 2.24) is 4.72 Å². The second-order valence-corrected chi connectivity index (χ2v) is 7.78. The van der Waals surface area contributed by atoms with Gasteiger partial charge >= 0.3 is 6.18 Å². The van der Waals surface area contributed by atoms with Crippen LogP contribution >= 0.6 is 11.6 Å². The Bertz CT molecular complexity index is 899. The molecule has 0 amide bonds. The summed E-state index contributed by atoms with van der Waals surface area (Å²) < 4.78 is 70.2. The molecular weight excluding hydrogens is 391 g/mol. The summed E-state index contributed by atoms with van der Waals surface area (Å²) in [5.41, 5.74) is 0.285. The number of ether oxygens (including phenoxy) is 1. The van der Waals surface area contributed by atoms with E-state index >= 15 is 0 Å². The molecule has 2 aromatic carbocycles. The predicted molar refractivity (Wildman–Crippen MR) is 93.1 cm³/mol. The standard InChI is InChI=1S/C17H17ClF3NO3S/c1-11-9-16(12(2)8-15(11)18)26(23,24)22-6-7-25-14-5-3-4-13(10-14)17(19,20)21/h3-5,8-10,22H,6-7H2,1-2H3. The van der Waals surface area contributed by atoms with E-state index in [4.69, 9.17) is 16.3 Å². The van der Waals surface area contributed by atoms with Gasteiger partial charge in [-0.15, -0.1) is 0 Å². The van der Waals surface area contributed by atoms with Crippen LogP contribution in [0.15, 0.2) is 41.3 Å². The molecule has 0 aromatic heterocycles. The highest BCUT2D eigenvalue weighted by Crippen LogP contribution is 2.31. The first kappa shape index (κ1) is 20.5. The molecule has 0 fully saturated rings. The average molecular weight is 408 g/mol. The molecule has 0 atom stereocenters. The first-order valence-electron chi connectivity index (χ1n) is 7.57. The summed E-state index contributed by atoms with van der Waals surface area (Å²) in [6, 6.07) is 7.42. The number of hydrogen-bond donors (Lipinski definition) is 1. The maximum absolute atomic E-state index is 12.6. The van der Waals surface area contributed by atoms with Gasteiger partial charge < -0.3 is 4.74 Å². The summed E-state index contributed by atoms with van der Waals surface area (Å²) in [5, 5.41) is 0.467. The van der Waals surface area contributed by atoms with Crippen LogP contribution in [-0.4, -0.2) is 21.6 Å². The van der Waals surface area contributed by atoms with E-state index in [1.54, 1.807) is 19.9 Å². The number of nitrogens with one attached hydrogen (secondary N) is 1. The van der Waals surface area contributed by atoms with Crippen LogP contribution in [0.25, 0.3) is 0 Å². The van der Waals surface area contributed by atoms with Gasteiger partial charge in [0.15, 0.2) is 0 Å². The van der Waals surface area contributed by atoms with Crippen molar-refractivity contribution in [3.63, 3.8) is 0 Å². The topological polar surface area (TPSA) is 55.4 Å². The maximum atomic E-state index is 12.6. The van der Waals surface area contributed by atoms with Gasteiger partial charge in [-0.05, 0) is 55.3 Å². The van der Waals surface area contributed by atoms with Gasteiger partial charge in [0.2, 0.25) is 10.0 Å². The Hall–Kier alpha value is -1.77. The molecule has 0 saturated heterocycles. The van der Waals surface area contributed by atoms with Crippen LogP contribution in [0.4, 0.5) is 13.2 Å². The van der Waals surface area contributed by atoms with Crippen LogP contribution in [0, 0.1) is 13.8 Å². The zero-order valence-electron chi connectivity index (χ0n) is 14.0. The molecule has 0 unspecified atom stereocenters. The minimum Gasteiger partial charge on any atom is -0.492 e. The molecule has 1 N–H and O–H groups in total. The third-order valence-electron chi connectivity index (χ3n) is 3.57. The number of sulfonamides is 1. The Kier molecular flexibility index (Phi) is 6.21. The number of hydrogen-bond acceptors (Lipinski definition) is 3. The van der Waals surface area contributed by atoms with Gasteiger partial charge in [0.1, 0.15) is 12.4 Å². The Balaban J connectivity index is 1.99. The number of alkyl halides is 3. The maximum Gasteiger partial charge on any atom is 0.416 e. The highest BCUT2D eigenvalue weighted by Gasteiger charge is 2.30. The number of rotatable bonds is 6. The summed E-state index contributed by atoms with van der Waals surface area (Å²) in [4.78, 5) is 0.0958. The van der Waals surface area contributed by atoms with Crippen molar-refractivity contribution in [2.24, 2.45) is 0 Å². The lowest BCUT2D eigenvalue weighted by Gasteiger charge is -2.12. The largest absolute Gasteiger partial charge is 0.492 e. The van der Waals surface area contributed by atoms with E-state index < -0.39 is 21.8 Å². The molecule has 0 bridgehead atoms. The third kappa shape index (κ3) is 5.12. The molecule has 9 heteroatoms. The van der Waals surface area contributed by atoms with Gasteiger partial charge in [-0.2, -0.15) is 13.2 Å². The van der Waals surface area contributed by atoms with Crippen LogP contribution in [0.2, 0.25) is 5.02 Å². The monoisotopic (exact) mass is 407 g/mol. The van der Waals surface area contributed by atoms with Crippen molar-refractivity contribution in [3.05, 3.63) is 58.1 Å². The molecule has 4 nitrogen and oxygen atoms in total. The summed E-state index contributed by atoms with van der Waals surface area (Å²) in [6.07, 6.45) is -4.47. The summed E-state index contributed by atoms with van der Waals surface area (Å²) >= 11 is 5.96. The zero-order valence-corrected chi connectivity index (χ0v) is 15.6. The average Bonchev–Trinajstić information content (AvgIpc) is 2.54. The highest BCUT2D eigenvalue weighted by atomic mass is 35.5. The number of aryl methyl sites for hydroxylation is 2. The van der Waals surface area contributed by atoms with Gasteiger partial charge in [-0.1, -0.05) is 17.7 Å². The summed E-state index contributed by atoms with van der Waals surface area (Å²) in [6.45, 7) is 3.10. The normalized spacial score (nSPS) is 12.2. The molecule has 0 aliphatic heterocycles. The van der Waals surface area contributed by atoms with Crippen LogP contribution in [0.1, 0.15) is 16.7 Å². The second kappa shape index (κ2) is 7.85. The molecule has 0 radical (unpaired) electrons. The van der Waals surface area contributed by atoms with Gasteiger partial charge in [-0.3, -0.25) is 0 Å². The fourth-order valence-corrected chi connectivity index (χ4v) is 3.77. The van der Waals surface area contributed by atoms with Crippen molar-refractivity contribution in [3.8, 4) is 5.75 Å². The van der Waals surface area contributed by atoms with E-state index in [0.717, 1.165) is 12.1 Å². The Morgan fingerprint density at radius 2 is 1.81 bits per heavy atom. The van der Waals surface area contributed by atoms with Crippen LogP contribution in [0.5, 0.6) is 5.75 Å². The minimum atomic E-state index is -4.47. The fourth-order valence-electron chi connectivity index (χ4n) is 2.23. The van der Waals surface area contributed by atoms with E-state index in [1.165, 1.54) is 18.2 Å². The molecule has 2 rings (SSSR count). The van der Waals surface area contributed by atoms with Gasteiger partial charge in [0, 0.05) is 11.6 Å². The Morgan fingerprint density at radius 3 is 2.46 bits per heavy atom. The smallest absolute Gasteiger partial charge is 0.416 e. The van der Waals surface area contributed by atoms with E-state index in [2.05, 4.69) is 4.72 Å². The van der Waals surface area contributed by atoms with Crippen LogP contribution < -0.4 is 9.46 Å². The third-order valence-corrected chi connectivity index (χ3v) is 5.58. The van der Waals surface area contributed by atoms with Crippen molar-refractivity contribution < 1.29 is 26.3 Å². The van der Waals surface area contributed by atoms with Crippen molar-refractivity contribution in [2.75, 3.05) is 13.2 Å². The molecule has 0 spiro atoms. The summed E-state index contributed by atoms with van der Waals surface area (Å²) in [7, 11) is -3.78. The SMILES string of the molecule is Cc1cc(S(=O)(=O)NCCOc2cccc(C(F)(F)F)c2)c(C)cc1Cl. The van der Waals surface area contributed by atoms with Crippen LogP contribution in [-0.2, 0) is 16.2 Å². The number of benzene rings is 2. The van der Waals surface area contributed by atoms with Crippen molar-refractivity contribution >= 4 is 21.6 Å². The van der Waals surface area contributed by atoms with Crippen LogP contribution in [0.3, 0.4) is 0 Å². The molecule has 0 aliphatic rings. The van der Waals surface area contributed by atoms with E-state index in [0.29, 0.717) is 16.1 Å². The Labute approximate surface area is 155 Å². The van der Waals surface area contributed by atoms with Crippen molar-refractivity contribution in [1.29, 1.82) is 0 Å². The number of halogens is 4. The molecule has 142 valence electrons. The molecular formula is C17H17ClF3NO3S. The first-order chi connectivity index (χ1) is 12.0. The van der Waals surface area contributed by atoms with E-state index in [1.807, 2.05) is 0 Å². The molecule has 0 heterocycles. The molecule has 2 aromatic rings. The van der Waals surface area contributed by atoms with E-state index in [-0.39, 0.29) is 23.8 Å². The van der Waals surface area contributed by atoms with Gasteiger partial charge in [0.05, 0.1) is 10.5 Å². The predicted octanol–water partition coefficient (Wildman–Crippen LogP) is 4.33. The lowest BCUT2D eigenvalue weighted by atomic mass is 10.2. The molecule has 26 heavy (non-hydrogen) atoms. The quantitative estimate of drug-likeness (QED) is 0.725. The van der Waals surface area contributed by atoms with Gasteiger partial charge in [0.25, 0.3) is 0 Å². The molecule has 0 aliphatic carbocycles. The van der Waals surface area contributed by atoms with Gasteiger partial charge in [-0.25, -0.2) is 13.1 Å². The Morgan fingerprint density at radius 1 is 1.12 bits per heavy atom. The first-order valence-corrected chi connectivity index (χ1v) is 9.43. The second-order valence-electron chi connectivity index (χ2n) is 5.64. The zero-order chi connectivity index (χ0) is 19.5. The lowest BCUT2D eigenvalue weighted by molar-refractivity contribution is -0.137. The van der Waals surface area contributed by atoms with E-state index in [9.17, 15) is 21.6 Å². The molecule has 0 saturated carbocycles. The fraction of sp³-hybridized carbons (Fsp3) is 0.294. The minimum absolute atomic E-state index is 0.0116. The highest BCUT2D eigenvalue weighted by molar-refractivity contribution is 7.89. The van der Waals surface area contributed by atoms with Crippen molar-refractivity contribution in [2.45, 2.75) is 24.9 Å². The summed E-state index contributed by atoms with van der Waals surface area (Å²) in [5.74, 6) is 0.0116. The lowest BCUT2D eigenvalue weighted by Crippen LogP contribution is -2.29.